The van der Waals surface area contributed by atoms with E-state index in [1.165, 1.54) is 12.3 Å². The van der Waals surface area contributed by atoms with Crippen LogP contribution in [0.25, 0.3) is 11.1 Å². The first-order chi connectivity index (χ1) is 12.2. The average molecular weight is 335 g/mol. The predicted molar refractivity (Wildman–Crippen MR) is 99.8 cm³/mol. The molecule has 0 saturated heterocycles. The lowest BCUT2D eigenvalue weighted by Gasteiger charge is -2.19. The van der Waals surface area contributed by atoms with Crippen LogP contribution in [0.3, 0.4) is 0 Å². The molecule has 0 amide bonds. The molecule has 1 atom stereocenters. The van der Waals surface area contributed by atoms with E-state index in [4.69, 9.17) is 4.42 Å². The van der Waals surface area contributed by atoms with Crippen molar-refractivity contribution in [3.05, 3.63) is 82.9 Å². The van der Waals surface area contributed by atoms with Crippen molar-refractivity contribution in [3.8, 4) is 16.9 Å². The van der Waals surface area contributed by atoms with Crippen LogP contribution in [0, 0.1) is 0 Å². The van der Waals surface area contributed by atoms with Crippen molar-refractivity contribution in [3.63, 3.8) is 0 Å². The maximum atomic E-state index is 11.7. The number of hydrogen-bond acceptors (Lipinski definition) is 4. The SMILES string of the molecule is CCCC(Nc1ccc(-c2ccccc2)cc1)c1occc(=O)c1O. The molecule has 2 N–H and O–H groups in total. The number of aromatic hydroxyl groups is 1. The van der Waals surface area contributed by atoms with Gasteiger partial charge in [-0.3, -0.25) is 4.79 Å². The third-order valence-corrected chi connectivity index (χ3v) is 4.11. The third-order valence-electron chi connectivity index (χ3n) is 4.11. The molecule has 1 unspecified atom stereocenters. The number of hydrogen-bond donors (Lipinski definition) is 2. The molecule has 3 aromatic rings. The van der Waals surface area contributed by atoms with Crippen LogP contribution in [-0.2, 0) is 0 Å². The molecular weight excluding hydrogens is 314 g/mol. The lowest BCUT2D eigenvalue weighted by atomic mass is 10.0. The van der Waals surface area contributed by atoms with Crippen LogP contribution in [0.15, 0.2) is 76.1 Å². The topological polar surface area (TPSA) is 62.5 Å². The first-order valence-corrected chi connectivity index (χ1v) is 8.41. The van der Waals surface area contributed by atoms with Gasteiger partial charge in [0.15, 0.2) is 5.76 Å². The normalized spacial score (nSPS) is 11.9. The predicted octanol–water partition coefficient (Wildman–Crippen LogP) is 4.97. The van der Waals surface area contributed by atoms with Crippen LogP contribution < -0.4 is 10.7 Å². The molecular formula is C21H21NO3. The summed E-state index contributed by atoms with van der Waals surface area (Å²) >= 11 is 0. The quantitative estimate of drug-likeness (QED) is 0.668. The highest BCUT2D eigenvalue weighted by molar-refractivity contribution is 5.66. The van der Waals surface area contributed by atoms with Crippen LogP contribution in [0.5, 0.6) is 5.75 Å². The zero-order valence-electron chi connectivity index (χ0n) is 14.1. The molecule has 25 heavy (non-hydrogen) atoms. The summed E-state index contributed by atoms with van der Waals surface area (Å²) in [6.45, 7) is 2.05. The number of anilines is 1. The molecule has 0 aliphatic carbocycles. The molecule has 3 rings (SSSR count). The zero-order chi connectivity index (χ0) is 17.6. The summed E-state index contributed by atoms with van der Waals surface area (Å²) in [6, 6.07) is 19.2. The van der Waals surface area contributed by atoms with Gasteiger partial charge in [-0.1, -0.05) is 55.8 Å². The second-order valence-electron chi connectivity index (χ2n) is 5.93. The van der Waals surface area contributed by atoms with Crippen LogP contribution in [0.2, 0.25) is 0 Å². The fourth-order valence-corrected chi connectivity index (χ4v) is 2.82. The Morgan fingerprint density at radius 2 is 1.68 bits per heavy atom. The van der Waals surface area contributed by atoms with Crippen LogP contribution in [0.1, 0.15) is 31.6 Å². The Morgan fingerprint density at radius 1 is 1.00 bits per heavy atom. The highest BCUT2D eigenvalue weighted by Crippen LogP contribution is 2.29. The van der Waals surface area contributed by atoms with Crippen LogP contribution in [0.4, 0.5) is 5.69 Å². The van der Waals surface area contributed by atoms with Gasteiger partial charge in [-0.15, -0.1) is 0 Å². The first kappa shape index (κ1) is 16.8. The fraction of sp³-hybridized carbons (Fsp3) is 0.190. The van der Waals surface area contributed by atoms with Crippen LogP contribution >= 0.6 is 0 Å². The summed E-state index contributed by atoms with van der Waals surface area (Å²) in [5, 5.41) is 13.4. The molecule has 1 heterocycles. The summed E-state index contributed by atoms with van der Waals surface area (Å²) in [6.07, 6.45) is 2.94. The second-order valence-corrected chi connectivity index (χ2v) is 5.93. The Hall–Kier alpha value is -3.01. The van der Waals surface area contributed by atoms with Crippen molar-refractivity contribution in [1.82, 2.24) is 0 Å². The van der Waals surface area contributed by atoms with Crippen molar-refractivity contribution in [2.45, 2.75) is 25.8 Å². The van der Waals surface area contributed by atoms with E-state index in [0.29, 0.717) is 0 Å². The van der Waals surface area contributed by atoms with E-state index in [1.54, 1.807) is 0 Å². The smallest absolute Gasteiger partial charge is 0.226 e. The van der Waals surface area contributed by atoms with Gasteiger partial charge in [-0.2, -0.15) is 0 Å². The summed E-state index contributed by atoms with van der Waals surface area (Å²) < 4.78 is 5.41. The number of rotatable bonds is 6. The molecule has 2 aromatic carbocycles. The highest BCUT2D eigenvalue weighted by Gasteiger charge is 2.19. The molecule has 1 aromatic heterocycles. The minimum Gasteiger partial charge on any atom is -0.502 e. The van der Waals surface area contributed by atoms with Gasteiger partial charge in [0.25, 0.3) is 0 Å². The van der Waals surface area contributed by atoms with Gasteiger partial charge in [-0.25, -0.2) is 0 Å². The fourth-order valence-electron chi connectivity index (χ4n) is 2.82. The molecule has 128 valence electrons. The summed E-state index contributed by atoms with van der Waals surface area (Å²) in [7, 11) is 0. The molecule has 0 bridgehead atoms. The van der Waals surface area contributed by atoms with Gasteiger partial charge in [0.05, 0.1) is 12.3 Å². The van der Waals surface area contributed by atoms with Crippen molar-refractivity contribution in [2.75, 3.05) is 5.32 Å². The Kier molecular flexibility index (Phi) is 5.19. The van der Waals surface area contributed by atoms with E-state index in [9.17, 15) is 9.90 Å². The Morgan fingerprint density at radius 3 is 2.36 bits per heavy atom. The molecule has 0 aliphatic heterocycles. The number of benzene rings is 2. The monoisotopic (exact) mass is 335 g/mol. The van der Waals surface area contributed by atoms with E-state index in [1.807, 2.05) is 49.4 Å². The van der Waals surface area contributed by atoms with E-state index >= 15 is 0 Å². The zero-order valence-corrected chi connectivity index (χ0v) is 14.1. The van der Waals surface area contributed by atoms with Gasteiger partial charge in [-0.05, 0) is 29.7 Å². The maximum absolute atomic E-state index is 11.7. The summed E-state index contributed by atoms with van der Waals surface area (Å²) in [5.74, 6) is -0.0455. The van der Waals surface area contributed by atoms with Crippen molar-refractivity contribution < 1.29 is 9.52 Å². The average Bonchev–Trinajstić information content (AvgIpc) is 2.65. The largest absolute Gasteiger partial charge is 0.502 e. The lowest BCUT2D eigenvalue weighted by molar-refractivity contribution is 0.378. The van der Waals surface area contributed by atoms with E-state index in [2.05, 4.69) is 17.4 Å². The summed E-state index contributed by atoms with van der Waals surface area (Å²) in [5.41, 5.74) is 2.77. The Labute approximate surface area is 146 Å². The van der Waals surface area contributed by atoms with Crippen molar-refractivity contribution in [1.29, 1.82) is 0 Å². The molecule has 0 saturated carbocycles. The van der Waals surface area contributed by atoms with Gasteiger partial charge < -0.3 is 14.8 Å². The van der Waals surface area contributed by atoms with E-state index < -0.39 is 5.43 Å². The molecule has 0 fully saturated rings. The van der Waals surface area contributed by atoms with Crippen LogP contribution in [-0.4, -0.2) is 5.11 Å². The van der Waals surface area contributed by atoms with E-state index in [0.717, 1.165) is 29.7 Å². The molecule has 4 heteroatoms. The molecule has 0 aliphatic rings. The molecule has 0 radical (unpaired) electrons. The molecule has 0 spiro atoms. The first-order valence-electron chi connectivity index (χ1n) is 8.41. The standard InChI is InChI=1S/C21H21NO3/c1-2-6-18(21-20(24)19(23)13-14-25-21)22-17-11-9-16(10-12-17)15-7-4-3-5-8-15/h3-5,7-14,18,22,24H,2,6H2,1H3. The highest BCUT2D eigenvalue weighted by atomic mass is 16.4. The Balaban J connectivity index is 1.83. The second kappa shape index (κ2) is 7.71. The maximum Gasteiger partial charge on any atom is 0.226 e. The van der Waals surface area contributed by atoms with Gasteiger partial charge in [0.1, 0.15) is 0 Å². The number of nitrogens with one attached hydrogen (secondary N) is 1. The summed E-state index contributed by atoms with van der Waals surface area (Å²) in [4.78, 5) is 11.7. The van der Waals surface area contributed by atoms with Crippen molar-refractivity contribution >= 4 is 5.69 Å². The van der Waals surface area contributed by atoms with Gasteiger partial charge in [0.2, 0.25) is 11.2 Å². The minimum absolute atomic E-state index is 0.263. The van der Waals surface area contributed by atoms with Gasteiger partial charge >= 0.3 is 0 Å². The van der Waals surface area contributed by atoms with Gasteiger partial charge in [0, 0.05) is 11.8 Å². The third kappa shape index (κ3) is 3.91. The van der Waals surface area contributed by atoms with Crippen molar-refractivity contribution in [2.24, 2.45) is 0 Å². The van der Waals surface area contributed by atoms with E-state index in [-0.39, 0.29) is 17.6 Å². The minimum atomic E-state index is -0.427. The molecule has 4 nitrogen and oxygen atoms in total. The Bertz CT molecular complexity index is 870. The lowest BCUT2D eigenvalue weighted by Crippen LogP contribution is -2.13.